The molecule has 0 saturated carbocycles. The molecular weight excluding hydrogens is 156 g/mol. The quantitative estimate of drug-likeness (QED) is 0.436. The molecule has 0 aromatic rings. The topological polar surface area (TPSA) is 0 Å². The molecule has 0 N–H and O–H groups in total. The Kier molecular flexibility index (Phi) is 6.99. The van der Waals surface area contributed by atoms with E-state index in [4.69, 9.17) is 0 Å². The molecule has 13 heavy (non-hydrogen) atoms. The standard InChI is InChI=1S/C13H20/c1-5-8-11-13(10-7-3)12(4)9-6-2/h5-13H,1H2,2-4H3/b9-6-,10-7-,11-8-. The molecule has 0 spiro atoms. The summed E-state index contributed by atoms with van der Waals surface area (Å²) in [5.41, 5.74) is 0. The van der Waals surface area contributed by atoms with Crippen LogP contribution in [-0.2, 0) is 0 Å². The first-order valence-corrected chi connectivity index (χ1v) is 4.81. The van der Waals surface area contributed by atoms with Crippen molar-refractivity contribution < 1.29 is 0 Å². The van der Waals surface area contributed by atoms with Crippen LogP contribution < -0.4 is 0 Å². The molecule has 0 aliphatic rings. The van der Waals surface area contributed by atoms with Crippen LogP contribution >= 0.6 is 0 Å². The minimum absolute atomic E-state index is 0.485. The van der Waals surface area contributed by atoms with Gasteiger partial charge in [-0.05, 0) is 19.8 Å². The highest BCUT2D eigenvalue weighted by Gasteiger charge is 2.06. The first-order chi connectivity index (χ1) is 6.26. The van der Waals surface area contributed by atoms with Crippen molar-refractivity contribution in [2.24, 2.45) is 11.8 Å². The summed E-state index contributed by atoms with van der Waals surface area (Å²) >= 11 is 0. The summed E-state index contributed by atoms with van der Waals surface area (Å²) in [5.74, 6) is 1.04. The van der Waals surface area contributed by atoms with Gasteiger partial charge in [0.2, 0.25) is 0 Å². The molecule has 0 rings (SSSR count). The van der Waals surface area contributed by atoms with Gasteiger partial charge in [0, 0.05) is 5.92 Å². The second-order valence-electron chi connectivity index (χ2n) is 3.11. The summed E-state index contributed by atoms with van der Waals surface area (Å²) in [6.07, 6.45) is 14.6. The normalized spacial score (nSPS) is 17.2. The minimum atomic E-state index is 0.485. The lowest BCUT2D eigenvalue weighted by molar-refractivity contribution is 0.611. The highest BCUT2D eigenvalue weighted by molar-refractivity contribution is 5.09. The van der Waals surface area contributed by atoms with Crippen molar-refractivity contribution in [2.75, 3.05) is 0 Å². The maximum Gasteiger partial charge on any atom is 0.000973 e. The molecule has 0 heterocycles. The lowest BCUT2D eigenvalue weighted by Gasteiger charge is -2.12. The molecule has 2 atom stereocenters. The smallest absolute Gasteiger partial charge is 0.000973 e. The molecule has 0 aromatic carbocycles. The van der Waals surface area contributed by atoms with E-state index in [9.17, 15) is 0 Å². The van der Waals surface area contributed by atoms with Gasteiger partial charge in [-0.25, -0.2) is 0 Å². The van der Waals surface area contributed by atoms with E-state index in [1.807, 2.05) is 12.2 Å². The Morgan fingerprint density at radius 3 is 2.08 bits per heavy atom. The van der Waals surface area contributed by atoms with E-state index in [0.29, 0.717) is 11.8 Å². The molecule has 0 fully saturated rings. The SMILES string of the molecule is C=C/C=C\C(/C=C\C)C(C)/C=C\C. The molecule has 0 bridgehead atoms. The highest BCUT2D eigenvalue weighted by atomic mass is 14.1. The molecule has 2 unspecified atom stereocenters. The third-order valence-electron chi connectivity index (χ3n) is 1.99. The van der Waals surface area contributed by atoms with Gasteiger partial charge in [0.05, 0.1) is 0 Å². The lowest BCUT2D eigenvalue weighted by atomic mass is 9.93. The summed E-state index contributed by atoms with van der Waals surface area (Å²) < 4.78 is 0. The van der Waals surface area contributed by atoms with Crippen LogP contribution in [0.1, 0.15) is 20.8 Å². The molecule has 0 aliphatic carbocycles. The average molecular weight is 176 g/mol. The van der Waals surface area contributed by atoms with E-state index in [-0.39, 0.29) is 0 Å². The van der Waals surface area contributed by atoms with Gasteiger partial charge in [-0.15, -0.1) is 0 Å². The van der Waals surface area contributed by atoms with Gasteiger partial charge in [-0.1, -0.05) is 56.0 Å². The zero-order valence-corrected chi connectivity index (χ0v) is 8.90. The lowest BCUT2D eigenvalue weighted by Crippen LogP contribution is -2.02. The van der Waals surface area contributed by atoms with E-state index in [1.54, 1.807) is 0 Å². The number of hydrogen-bond donors (Lipinski definition) is 0. The Labute approximate surface area is 82.4 Å². The molecule has 0 amide bonds. The van der Waals surface area contributed by atoms with E-state index >= 15 is 0 Å². The van der Waals surface area contributed by atoms with Crippen LogP contribution in [0.3, 0.4) is 0 Å². The fourth-order valence-corrected chi connectivity index (χ4v) is 1.28. The first-order valence-electron chi connectivity index (χ1n) is 4.81. The Morgan fingerprint density at radius 2 is 1.62 bits per heavy atom. The van der Waals surface area contributed by atoms with Gasteiger partial charge >= 0.3 is 0 Å². The fourth-order valence-electron chi connectivity index (χ4n) is 1.28. The van der Waals surface area contributed by atoms with E-state index in [1.165, 1.54) is 0 Å². The minimum Gasteiger partial charge on any atom is -0.0991 e. The number of allylic oxidation sites excluding steroid dienone is 7. The Balaban J connectivity index is 4.39. The summed E-state index contributed by atoms with van der Waals surface area (Å²) in [7, 11) is 0. The van der Waals surface area contributed by atoms with Crippen molar-refractivity contribution in [3.05, 3.63) is 49.1 Å². The Morgan fingerprint density at radius 1 is 1.00 bits per heavy atom. The zero-order chi connectivity index (χ0) is 10.1. The van der Waals surface area contributed by atoms with Gasteiger partial charge in [0.15, 0.2) is 0 Å². The highest BCUT2D eigenvalue weighted by Crippen LogP contribution is 2.16. The largest absolute Gasteiger partial charge is 0.0991 e. The molecule has 72 valence electrons. The molecule has 0 aromatic heterocycles. The zero-order valence-electron chi connectivity index (χ0n) is 8.90. The van der Waals surface area contributed by atoms with Crippen molar-refractivity contribution in [1.29, 1.82) is 0 Å². The van der Waals surface area contributed by atoms with E-state index in [2.05, 4.69) is 57.7 Å². The second-order valence-corrected chi connectivity index (χ2v) is 3.11. The Hall–Kier alpha value is -1.04. The number of rotatable bonds is 5. The molecule has 0 radical (unpaired) electrons. The summed E-state index contributed by atoms with van der Waals surface area (Å²) in [6.45, 7) is 10.00. The maximum atomic E-state index is 3.67. The third kappa shape index (κ3) is 5.24. The summed E-state index contributed by atoms with van der Waals surface area (Å²) in [4.78, 5) is 0. The van der Waals surface area contributed by atoms with Crippen LogP contribution in [0, 0.1) is 11.8 Å². The van der Waals surface area contributed by atoms with Crippen molar-refractivity contribution in [1.82, 2.24) is 0 Å². The van der Waals surface area contributed by atoms with E-state index in [0.717, 1.165) is 0 Å². The first kappa shape index (κ1) is 12.0. The summed E-state index contributed by atoms with van der Waals surface area (Å²) in [5, 5.41) is 0. The van der Waals surface area contributed by atoms with Crippen LogP contribution in [0.2, 0.25) is 0 Å². The van der Waals surface area contributed by atoms with E-state index < -0.39 is 0 Å². The third-order valence-corrected chi connectivity index (χ3v) is 1.99. The second kappa shape index (κ2) is 7.60. The molecule has 0 saturated heterocycles. The molecular formula is C13H20. The monoisotopic (exact) mass is 176 g/mol. The van der Waals surface area contributed by atoms with Crippen LogP contribution in [0.5, 0.6) is 0 Å². The van der Waals surface area contributed by atoms with Crippen LogP contribution in [0.15, 0.2) is 49.1 Å². The maximum absolute atomic E-state index is 3.67. The number of hydrogen-bond acceptors (Lipinski definition) is 0. The van der Waals surface area contributed by atoms with Crippen LogP contribution in [-0.4, -0.2) is 0 Å². The Bertz CT molecular complexity index is 206. The molecule has 0 nitrogen and oxygen atoms in total. The van der Waals surface area contributed by atoms with Gasteiger partial charge in [-0.3, -0.25) is 0 Å². The van der Waals surface area contributed by atoms with Crippen LogP contribution in [0.25, 0.3) is 0 Å². The predicted molar refractivity (Wildman–Crippen MR) is 61.6 cm³/mol. The van der Waals surface area contributed by atoms with Crippen molar-refractivity contribution in [3.8, 4) is 0 Å². The average Bonchev–Trinajstić information content (AvgIpc) is 2.12. The molecule has 0 aliphatic heterocycles. The van der Waals surface area contributed by atoms with Crippen molar-refractivity contribution >= 4 is 0 Å². The predicted octanol–water partition coefficient (Wildman–Crippen LogP) is 4.13. The van der Waals surface area contributed by atoms with Gasteiger partial charge < -0.3 is 0 Å². The van der Waals surface area contributed by atoms with Crippen molar-refractivity contribution in [3.63, 3.8) is 0 Å². The van der Waals surface area contributed by atoms with Gasteiger partial charge in [0.25, 0.3) is 0 Å². The van der Waals surface area contributed by atoms with Crippen molar-refractivity contribution in [2.45, 2.75) is 20.8 Å². The fraction of sp³-hybridized carbons (Fsp3) is 0.385. The summed E-state index contributed by atoms with van der Waals surface area (Å²) in [6, 6.07) is 0. The van der Waals surface area contributed by atoms with Gasteiger partial charge in [0.1, 0.15) is 0 Å². The molecule has 0 heteroatoms. The van der Waals surface area contributed by atoms with Crippen LogP contribution in [0.4, 0.5) is 0 Å². The van der Waals surface area contributed by atoms with Gasteiger partial charge in [-0.2, -0.15) is 0 Å².